The molecule has 0 saturated carbocycles. The van der Waals surface area contributed by atoms with Crippen molar-refractivity contribution in [3.63, 3.8) is 0 Å². The maximum absolute atomic E-state index is 13.1. The number of anilines is 3. The van der Waals surface area contributed by atoms with Crippen LogP contribution < -0.4 is 10.6 Å². The highest BCUT2D eigenvalue weighted by molar-refractivity contribution is 7.91. The molecule has 0 spiro atoms. The van der Waals surface area contributed by atoms with Gasteiger partial charge >= 0.3 is 0 Å². The predicted octanol–water partition coefficient (Wildman–Crippen LogP) is 2.01. The van der Waals surface area contributed by atoms with Crippen molar-refractivity contribution in [2.24, 2.45) is 0 Å². The van der Waals surface area contributed by atoms with Crippen molar-refractivity contribution >= 4 is 38.9 Å². The minimum Gasteiger partial charge on any atom is -0.349 e. The zero-order valence-corrected chi connectivity index (χ0v) is 13.4. The van der Waals surface area contributed by atoms with Gasteiger partial charge < -0.3 is 10.6 Å². The molecule has 0 radical (unpaired) electrons. The van der Waals surface area contributed by atoms with Gasteiger partial charge in [-0.1, -0.05) is 11.6 Å². The average Bonchev–Trinajstić information content (AvgIpc) is 2.82. The fourth-order valence-corrected chi connectivity index (χ4v) is 4.09. The number of hydrogen-bond donors (Lipinski definition) is 2. The van der Waals surface area contributed by atoms with Gasteiger partial charge in [0.1, 0.15) is 5.82 Å². The molecule has 7 nitrogen and oxygen atoms in total. The monoisotopic (exact) mass is 357 g/mol. The van der Waals surface area contributed by atoms with Crippen molar-refractivity contribution in [1.29, 1.82) is 0 Å². The molecule has 1 unspecified atom stereocenters. The van der Waals surface area contributed by atoms with Crippen LogP contribution in [0.25, 0.3) is 0 Å². The van der Waals surface area contributed by atoms with Gasteiger partial charge in [0.25, 0.3) is 0 Å². The number of aromatic nitrogens is 3. The number of benzene rings is 1. The van der Waals surface area contributed by atoms with Gasteiger partial charge in [-0.2, -0.15) is 10.1 Å². The molecule has 0 bridgehead atoms. The summed E-state index contributed by atoms with van der Waals surface area (Å²) >= 11 is 5.72. The summed E-state index contributed by atoms with van der Waals surface area (Å²) in [6.07, 6.45) is 1.91. The van der Waals surface area contributed by atoms with Gasteiger partial charge in [-0.05, 0) is 24.6 Å². The van der Waals surface area contributed by atoms with Crippen LogP contribution in [-0.2, 0) is 9.84 Å². The Balaban J connectivity index is 1.71. The molecule has 1 saturated heterocycles. The Bertz CT molecular complexity index is 833. The molecule has 10 heteroatoms. The normalized spacial score (nSPS) is 19.5. The average molecular weight is 358 g/mol. The Kier molecular flexibility index (Phi) is 4.31. The molecule has 1 aromatic heterocycles. The standard InChI is InChI=1S/C13H13ClFN5O2S/c14-10-5-8(1-2-11(10)15)17-12-6-16-20-13(19-12)18-9-3-4-23(21,22)7-9/h1-2,5-6,9H,3-4,7H2,(H2,17,18,19,20). The molecular formula is C13H13ClFN5O2S. The van der Waals surface area contributed by atoms with E-state index in [1.54, 1.807) is 0 Å². The summed E-state index contributed by atoms with van der Waals surface area (Å²) in [4.78, 5) is 4.20. The van der Waals surface area contributed by atoms with Gasteiger partial charge in [0, 0.05) is 11.7 Å². The molecule has 2 heterocycles. The summed E-state index contributed by atoms with van der Waals surface area (Å²) in [6.45, 7) is 0. The number of nitrogens with one attached hydrogen (secondary N) is 2. The number of nitrogens with zero attached hydrogens (tertiary/aromatic N) is 3. The first-order chi connectivity index (χ1) is 10.9. The minimum atomic E-state index is -2.99. The maximum Gasteiger partial charge on any atom is 0.244 e. The molecule has 0 aliphatic carbocycles. The molecule has 1 atom stereocenters. The third-order valence-corrected chi connectivity index (χ3v) is 5.37. The van der Waals surface area contributed by atoms with Crippen LogP contribution in [0.2, 0.25) is 5.02 Å². The van der Waals surface area contributed by atoms with E-state index in [1.807, 2.05) is 0 Å². The maximum atomic E-state index is 13.1. The Morgan fingerprint density at radius 3 is 2.87 bits per heavy atom. The van der Waals surface area contributed by atoms with Crippen LogP contribution in [0.3, 0.4) is 0 Å². The lowest BCUT2D eigenvalue weighted by atomic mass is 10.3. The van der Waals surface area contributed by atoms with Gasteiger partial charge in [0.15, 0.2) is 15.7 Å². The molecule has 23 heavy (non-hydrogen) atoms. The largest absolute Gasteiger partial charge is 0.349 e. The van der Waals surface area contributed by atoms with Crippen LogP contribution >= 0.6 is 11.6 Å². The van der Waals surface area contributed by atoms with Crippen molar-refractivity contribution in [1.82, 2.24) is 15.2 Å². The number of sulfone groups is 1. The lowest BCUT2D eigenvalue weighted by Gasteiger charge is -2.11. The van der Waals surface area contributed by atoms with Crippen LogP contribution in [0.5, 0.6) is 0 Å². The molecule has 1 aromatic carbocycles. The van der Waals surface area contributed by atoms with Gasteiger partial charge in [0.2, 0.25) is 5.95 Å². The number of halogens is 2. The number of hydrogen-bond acceptors (Lipinski definition) is 7. The summed E-state index contributed by atoms with van der Waals surface area (Å²) in [7, 11) is -2.99. The third-order valence-electron chi connectivity index (χ3n) is 3.32. The Labute approximate surface area is 137 Å². The highest BCUT2D eigenvalue weighted by atomic mass is 35.5. The first-order valence-corrected chi connectivity index (χ1v) is 9.00. The molecule has 122 valence electrons. The lowest BCUT2D eigenvalue weighted by molar-refractivity contribution is 0.602. The minimum absolute atomic E-state index is 0.00785. The van der Waals surface area contributed by atoms with Crippen molar-refractivity contribution in [3.8, 4) is 0 Å². The van der Waals surface area contributed by atoms with E-state index >= 15 is 0 Å². The Hall–Kier alpha value is -2.00. The van der Waals surface area contributed by atoms with Crippen molar-refractivity contribution in [2.45, 2.75) is 12.5 Å². The van der Waals surface area contributed by atoms with Crippen LogP contribution in [0.4, 0.5) is 21.8 Å². The smallest absolute Gasteiger partial charge is 0.244 e. The van der Waals surface area contributed by atoms with Gasteiger partial charge in [-0.3, -0.25) is 0 Å². The zero-order chi connectivity index (χ0) is 16.4. The van der Waals surface area contributed by atoms with E-state index in [2.05, 4.69) is 25.8 Å². The first kappa shape index (κ1) is 15.9. The van der Waals surface area contributed by atoms with E-state index in [1.165, 1.54) is 24.4 Å². The lowest BCUT2D eigenvalue weighted by Crippen LogP contribution is -2.22. The second-order valence-electron chi connectivity index (χ2n) is 5.16. The number of rotatable bonds is 4. The Morgan fingerprint density at radius 1 is 1.35 bits per heavy atom. The predicted molar refractivity (Wildman–Crippen MR) is 85.2 cm³/mol. The van der Waals surface area contributed by atoms with Crippen LogP contribution in [-0.4, -0.2) is 41.1 Å². The molecule has 2 N–H and O–H groups in total. The quantitative estimate of drug-likeness (QED) is 0.863. The zero-order valence-electron chi connectivity index (χ0n) is 11.8. The third kappa shape index (κ3) is 4.05. The fourth-order valence-electron chi connectivity index (χ4n) is 2.24. The molecule has 2 aromatic rings. The Morgan fingerprint density at radius 2 is 2.17 bits per heavy atom. The SMILES string of the molecule is O=S1(=O)CCC(Nc2nncc(Nc3ccc(F)c(Cl)c3)n2)C1. The van der Waals surface area contributed by atoms with E-state index in [0.717, 1.165) is 0 Å². The summed E-state index contributed by atoms with van der Waals surface area (Å²) < 4.78 is 36.0. The van der Waals surface area contributed by atoms with E-state index in [4.69, 9.17) is 11.6 Å². The molecule has 3 rings (SSSR count). The van der Waals surface area contributed by atoms with Crippen molar-refractivity contribution in [2.75, 3.05) is 22.1 Å². The van der Waals surface area contributed by atoms with Crippen molar-refractivity contribution < 1.29 is 12.8 Å². The molecule has 1 aliphatic rings. The van der Waals surface area contributed by atoms with Crippen molar-refractivity contribution in [3.05, 3.63) is 35.2 Å². The van der Waals surface area contributed by atoms with Gasteiger partial charge in [-0.25, -0.2) is 12.8 Å². The van der Waals surface area contributed by atoms with Gasteiger partial charge in [0.05, 0.1) is 22.7 Å². The van der Waals surface area contributed by atoms with E-state index in [-0.39, 0.29) is 28.5 Å². The highest BCUT2D eigenvalue weighted by Gasteiger charge is 2.28. The van der Waals surface area contributed by atoms with Gasteiger partial charge in [-0.15, -0.1) is 5.10 Å². The molecule has 0 amide bonds. The fraction of sp³-hybridized carbons (Fsp3) is 0.308. The first-order valence-electron chi connectivity index (χ1n) is 6.80. The van der Waals surface area contributed by atoms with E-state index < -0.39 is 15.7 Å². The topological polar surface area (TPSA) is 96.9 Å². The summed E-state index contributed by atoms with van der Waals surface area (Å²) in [6, 6.07) is 3.95. The molecule has 1 aliphatic heterocycles. The molecular weight excluding hydrogens is 345 g/mol. The van der Waals surface area contributed by atoms with Crippen LogP contribution in [0, 0.1) is 5.82 Å². The van der Waals surface area contributed by atoms with Crippen LogP contribution in [0.1, 0.15) is 6.42 Å². The summed E-state index contributed by atoms with van der Waals surface area (Å²) in [5.74, 6) is 0.310. The molecule has 1 fully saturated rings. The highest BCUT2D eigenvalue weighted by Crippen LogP contribution is 2.22. The van der Waals surface area contributed by atoms with Crippen LogP contribution in [0.15, 0.2) is 24.4 Å². The van der Waals surface area contributed by atoms with E-state index in [0.29, 0.717) is 17.9 Å². The second-order valence-corrected chi connectivity index (χ2v) is 7.80. The summed E-state index contributed by atoms with van der Waals surface area (Å²) in [5.41, 5.74) is 0.547. The second kappa shape index (κ2) is 6.25. The van der Waals surface area contributed by atoms with E-state index in [9.17, 15) is 12.8 Å². The summed E-state index contributed by atoms with van der Waals surface area (Å²) in [5, 5.41) is 13.5.